The third-order valence-corrected chi connectivity index (χ3v) is 7.54. The van der Waals surface area contributed by atoms with Crippen molar-refractivity contribution >= 4 is 5.69 Å². The van der Waals surface area contributed by atoms with Crippen LogP contribution in [0.2, 0.25) is 0 Å². The molecule has 2 aliphatic rings. The minimum absolute atomic E-state index is 0.458. The Kier molecular flexibility index (Phi) is 8.05. The van der Waals surface area contributed by atoms with Crippen LogP contribution in [0.5, 0.6) is 0 Å². The fourth-order valence-corrected chi connectivity index (χ4v) is 4.96. The van der Waals surface area contributed by atoms with E-state index in [2.05, 4.69) is 91.0 Å². The fraction of sp³-hybridized carbons (Fsp3) is 0.607. The molecule has 5 nitrogen and oxygen atoms in total. The molecule has 5 heteroatoms. The van der Waals surface area contributed by atoms with Gasteiger partial charge >= 0.3 is 0 Å². The lowest BCUT2D eigenvalue weighted by molar-refractivity contribution is 0.147. The van der Waals surface area contributed by atoms with Gasteiger partial charge in [-0.1, -0.05) is 32.9 Å². The molecule has 0 saturated carbocycles. The smallest absolute Gasteiger partial charge is 0.0431 e. The average Bonchev–Trinajstić information content (AvgIpc) is 2.82. The van der Waals surface area contributed by atoms with Crippen LogP contribution in [0.25, 0.3) is 0 Å². The molecule has 0 spiro atoms. The predicted molar refractivity (Wildman–Crippen MR) is 139 cm³/mol. The molecule has 4 rings (SSSR count). The lowest BCUT2D eigenvalue weighted by Gasteiger charge is -2.34. The van der Waals surface area contributed by atoms with Crippen LogP contribution >= 0.6 is 0 Å². The average molecular weight is 450 g/mol. The maximum absolute atomic E-state index is 4.82. The summed E-state index contributed by atoms with van der Waals surface area (Å²) < 4.78 is 0. The lowest BCUT2D eigenvalue weighted by atomic mass is 9.90. The van der Waals surface area contributed by atoms with E-state index in [1.807, 2.05) is 0 Å². The van der Waals surface area contributed by atoms with Crippen molar-refractivity contribution in [1.82, 2.24) is 19.7 Å². The first kappa shape index (κ1) is 24.2. The molecular formula is C28H43N5. The van der Waals surface area contributed by atoms with Gasteiger partial charge in [0, 0.05) is 76.5 Å². The third kappa shape index (κ3) is 6.34. The standard InChI is InChI=1S/C28H43N5/c1-22(2)28-19-25(26(20-29-28)21-32-14-10-30(4)11-15-32)18-23(3)24-6-8-27(9-7-24)33-16-12-31(5)13-17-33/h6-9,19-20,22-23H,10-18,21H2,1-5H3. The van der Waals surface area contributed by atoms with Crippen molar-refractivity contribution in [2.75, 3.05) is 71.4 Å². The highest BCUT2D eigenvalue weighted by Crippen LogP contribution is 2.27. The number of pyridine rings is 1. The molecule has 1 aromatic carbocycles. The molecule has 0 bridgehead atoms. The fourth-order valence-electron chi connectivity index (χ4n) is 4.96. The highest BCUT2D eigenvalue weighted by molar-refractivity contribution is 5.48. The summed E-state index contributed by atoms with van der Waals surface area (Å²) in [7, 11) is 4.43. The summed E-state index contributed by atoms with van der Waals surface area (Å²) in [5.74, 6) is 0.944. The molecule has 0 amide bonds. The Morgan fingerprint density at radius 1 is 0.788 bits per heavy atom. The molecular weight excluding hydrogens is 406 g/mol. The molecule has 0 N–H and O–H groups in total. The molecule has 2 aliphatic heterocycles. The number of hydrogen-bond donors (Lipinski definition) is 0. The van der Waals surface area contributed by atoms with Gasteiger partial charge in [0.25, 0.3) is 0 Å². The third-order valence-electron chi connectivity index (χ3n) is 7.54. The monoisotopic (exact) mass is 449 g/mol. The van der Waals surface area contributed by atoms with Crippen molar-refractivity contribution in [3.63, 3.8) is 0 Å². The Bertz CT molecular complexity index is 878. The zero-order chi connectivity index (χ0) is 23.4. The van der Waals surface area contributed by atoms with Crippen LogP contribution in [0.4, 0.5) is 5.69 Å². The Hall–Kier alpha value is -1.95. The number of aromatic nitrogens is 1. The van der Waals surface area contributed by atoms with Gasteiger partial charge < -0.3 is 14.7 Å². The van der Waals surface area contributed by atoms with Gasteiger partial charge in [0.05, 0.1) is 0 Å². The van der Waals surface area contributed by atoms with E-state index in [1.165, 1.54) is 28.1 Å². The van der Waals surface area contributed by atoms with E-state index in [4.69, 9.17) is 4.98 Å². The highest BCUT2D eigenvalue weighted by Gasteiger charge is 2.19. The van der Waals surface area contributed by atoms with Gasteiger partial charge in [-0.3, -0.25) is 9.88 Å². The van der Waals surface area contributed by atoms with E-state index in [9.17, 15) is 0 Å². The molecule has 3 heterocycles. The molecule has 1 atom stereocenters. The number of benzene rings is 1. The van der Waals surface area contributed by atoms with Crippen molar-refractivity contribution in [3.05, 3.63) is 58.9 Å². The van der Waals surface area contributed by atoms with Gasteiger partial charge in [0.2, 0.25) is 0 Å². The number of hydrogen-bond acceptors (Lipinski definition) is 5. The van der Waals surface area contributed by atoms with Crippen molar-refractivity contribution in [2.45, 2.75) is 45.6 Å². The maximum atomic E-state index is 4.82. The Labute approximate surface area is 201 Å². The summed E-state index contributed by atoms with van der Waals surface area (Å²) in [6.07, 6.45) is 3.23. The summed E-state index contributed by atoms with van der Waals surface area (Å²) >= 11 is 0. The van der Waals surface area contributed by atoms with Crippen LogP contribution < -0.4 is 4.90 Å². The van der Waals surface area contributed by atoms with Gasteiger partial charge in [0.15, 0.2) is 0 Å². The van der Waals surface area contributed by atoms with Crippen LogP contribution in [-0.4, -0.2) is 86.1 Å². The van der Waals surface area contributed by atoms with Crippen LogP contribution in [0.3, 0.4) is 0 Å². The zero-order valence-electron chi connectivity index (χ0n) is 21.4. The largest absolute Gasteiger partial charge is 0.369 e. The number of likely N-dealkylation sites (N-methyl/N-ethyl adjacent to an activating group) is 2. The van der Waals surface area contributed by atoms with Crippen LogP contribution in [0.1, 0.15) is 55.0 Å². The summed E-state index contributed by atoms with van der Waals surface area (Å²) in [5, 5.41) is 0. The van der Waals surface area contributed by atoms with Gasteiger partial charge in [-0.05, 0) is 67.2 Å². The molecule has 1 unspecified atom stereocenters. The first-order chi connectivity index (χ1) is 15.9. The first-order valence-electron chi connectivity index (χ1n) is 12.8. The topological polar surface area (TPSA) is 25.9 Å². The van der Waals surface area contributed by atoms with Gasteiger partial charge in [-0.15, -0.1) is 0 Å². The second kappa shape index (κ2) is 11.0. The van der Waals surface area contributed by atoms with Gasteiger partial charge in [-0.25, -0.2) is 0 Å². The number of anilines is 1. The van der Waals surface area contributed by atoms with E-state index in [0.717, 1.165) is 65.3 Å². The second-order valence-electron chi connectivity index (χ2n) is 10.6. The number of piperazine rings is 2. The lowest BCUT2D eigenvalue weighted by Crippen LogP contribution is -2.44. The summed E-state index contributed by atoms with van der Waals surface area (Å²) in [5.41, 5.74) is 6.89. The van der Waals surface area contributed by atoms with Gasteiger partial charge in [-0.2, -0.15) is 0 Å². The maximum Gasteiger partial charge on any atom is 0.0431 e. The number of nitrogens with zero attached hydrogens (tertiary/aromatic N) is 5. The SMILES string of the molecule is CC(C)c1cc(CC(C)c2ccc(N3CCN(C)CC3)cc2)c(CN2CCN(C)CC2)cn1. The normalized spacial score (nSPS) is 19.9. The van der Waals surface area contributed by atoms with Crippen LogP contribution in [-0.2, 0) is 13.0 Å². The minimum atomic E-state index is 0.458. The van der Waals surface area contributed by atoms with Crippen molar-refractivity contribution in [2.24, 2.45) is 0 Å². The van der Waals surface area contributed by atoms with Crippen molar-refractivity contribution in [3.8, 4) is 0 Å². The molecule has 0 radical (unpaired) electrons. The highest BCUT2D eigenvalue weighted by atomic mass is 15.3. The molecule has 180 valence electrons. The molecule has 2 saturated heterocycles. The molecule has 1 aromatic heterocycles. The van der Waals surface area contributed by atoms with E-state index in [0.29, 0.717) is 11.8 Å². The summed E-state index contributed by atoms with van der Waals surface area (Å²) in [6, 6.07) is 11.7. The summed E-state index contributed by atoms with van der Waals surface area (Å²) in [6.45, 7) is 17.0. The molecule has 2 aromatic rings. The van der Waals surface area contributed by atoms with E-state index in [-0.39, 0.29) is 0 Å². The zero-order valence-corrected chi connectivity index (χ0v) is 21.4. The Balaban J connectivity index is 1.46. The number of rotatable bonds is 7. The predicted octanol–water partition coefficient (Wildman–Crippen LogP) is 4.05. The van der Waals surface area contributed by atoms with Crippen LogP contribution in [0, 0.1) is 0 Å². The minimum Gasteiger partial charge on any atom is -0.369 e. The Morgan fingerprint density at radius 2 is 1.39 bits per heavy atom. The van der Waals surface area contributed by atoms with E-state index < -0.39 is 0 Å². The summed E-state index contributed by atoms with van der Waals surface area (Å²) in [4.78, 5) is 14.8. The van der Waals surface area contributed by atoms with E-state index >= 15 is 0 Å². The quantitative estimate of drug-likeness (QED) is 0.635. The first-order valence-corrected chi connectivity index (χ1v) is 12.8. The van der Waals surface area contributed by atoms with Crippen LogP contribution in [0.15, 0.2) is 36.5 Å². The van der Waals surface area contributed by atoms with Crippen molar-refractivity contribution in [1.29, 1.82) is 0 Å². The van der Waals surface area contributed by atoms with Gasteiger partial charge in [0.1, 0.15) is 0 Å². The second-order valence-corrected chi connectivity index (χ2v) is 10.6. The van der Waals surface area contributed by atoms with Crippen molar-refractivity contribution < 1.29 is 0 Å². The molecule has 0 aliphatic carbocycles. The van der Waals surface area contributed by atoms with E-state index in [1.54, 1.807) is 0 Å². The molecule has 33 heavy (non-hydrogen) atoms. The molecule has 2 fully saturated rings. The Morgan fingerprint density at radius 3 is 2.00 bits per heavy atom.